The SMILES string of the molecule is CCOC(=O)c1c(NC(=O)c2ccc(Cn3nc(C)cc3C)o2)sc(C)c1C. The highest BCUT2D eigenvalue weighted by atomic mass is 32.1. The van der Waals surface area contributed by atoms with Gasteiger partial charge >= 0.3 is 5.97 Å². The van der Waals surface area contributed by atoms with Crippen LogP contribution < -0.4 is 5.32 Å². The molecule has 1 amide bonds. The largest absolute Gasteiger partial charge is 0.462 e. The number of amides is 1. The van der Waals surface area contributed by atoms with Crippen molar-refractivity contribution >= 4 is 28.2 Å². The van der Waals surface area contributed by atoms with Gasteiger partial charge in [0.2, 0.25) is 0 Å². The average Bonchev–Trinajstić information content (AvgIpc) is 3.28. The summed E-state index contributed by atoms with van der Waals surface area (Å²) in [7, 11) is 0. The first-order valence-electron chi connectivity index (χ1n) is 8.98. The van der Waals surface area contributed by atoms with Gasteiger partial charge in [0.15, 0.2) is 5.76 Å². The number of carbonyl (C=O) groups is 2. The number of thiophene rings is 1. The second-order valence-corrected chi connectivity index (χ2v) is 7.74. The van der Waals surface area contributed by atoms with Crippen LogP contribution in [0.15, 0.2) is 22.6 Å². The van der Waals surface area contributed by atoms with Crippen molar-refractivity contribution in [1.82, 2.24) is 9.78 Å². The molecule has 28 heavy (non-hydrogen) atoms. The Morgan fingerprint density at radius 2 is 2.00 bits per heavy atom. The number of hydrogen-bond donors (Lipinski definition) is 1. The molecule has 0 spiro atoms. The summed E-state index contributed by atoms with van der Waals surface area (Å²) in [5, 5.41) is 7.65. The number of furan rings is 1. The van der Waals surface area contributed by atoms with Crippen molar-refractivity contribution in [2.45, 2.75) is 41.2 Å². The molecule has 0 atom stereocenters. The van der Waals surface area contributed by atoms with Gasteiger partial charge in [0.1, 0.15) is 10.8 Å². The number of hydrogen-bond acceptors (Lipinski definition) is 6. The summed E-state index contributed by atoms with van der Waals surface area (Å²) in [4.78, 5) is 25.8. The zero-order chi connectivity index (χ0) is 20.4. The summed E-state index contributed by atoms with van der Waals surface area (Å²) in [5.41, 5.74) is 3.15. The predicted octanol–water partition coefficient (Wildman–Crippen LogP) is 4.25. The smallest absolute Gasteiger partial charge is 0.341 e. The van der Waals surface area contributed by atoms with E-state index >= 15 is 0 Å². The first-order chi connectivity index (χ1) is 13.3. The molecule has 7 nitrogen and oxygen atoms in total. The molecule has 0 aromatic carbocycles. The minimum atomic E-state index is -0.440. The Bertz CT molecular complexity index is 1030. The molecule has 3 aromatic heterocycles. The molecule has 148 valence electrons. The number of aryl methyl sites for hydroxylation is 3. The minimum Gasteiger partial charge on any atom is -0.462 e. The highest BCUT2D eigenvalue weighted by molar-refractivity contribution is 7.16. The monoisotopic (exact) mass is 401 g/mol. The van der Waals surface area contributed by atoms with E-state index in [9.17, 15) is 9.59 Å². The molecule has 0 radical (unpaired) electrons. The van der Waals surface area contributed by atoms with E-state index in [-0.39, 0.29) is 12.4 Å². The van der Waals surface area contributed by atoms with Gasteiger partial charge in [-0.05, 0) is 58.4 Å². The molecule has 0 unspecified atom stereocenters. The Labute approximate surface area is 167 Å². The predicted molar refractivity (Wildman–Crippen MR) is 107 cm³/mol. The van der Waals surface area contributed by atoms with Gasteiger partial charge in [-0.3, -0.25) is 9.48 Å². The van der Waals surface area contributed by atoms with Gasteiger partial charge < -0.3 is 14.5 Å². The molecule has 1 N–H and O–H groups in total. The van der Waals surface area contributed by atoms with Crippen LogP contribution in [-0.2, 0) is 11.3 Å². The lowest BCUT2D eigenvalue weighted by Gasteiger charge is -2.06. The van der Waals surface area contributed by atoms with Crippen molar-refractivity contribution in [3.8, 4) is 0 Å². The Morgan fingerprint density at radius 1 is 1.25 bits per heavy atom. The maximum atomic E-state index is 12.6. The Balaban J connectivity index is 1.77. The normalized spacial score (nSPS) is 10.9. The second-order valence-electron chi connectivity index (χ2n) is 6.51. The van der Waals surface area contributed by atoms with Crippen LogP contribution in [0.3, 0.4) is 0 Å². The third kappa shape index (κ3) is 4.01. The summed E-state index contributed by atoms with van der Waals surface area (Å²) >= 11 is 1.34. The minimum absolute atomic E-state index is 0.176. The number of anilines is 1. The van der Waals surface area contributed by atoms with E-state index in [0.29, 0.717) is 22.9 Å². The van der Waals surface area contributed by atoms with Gasteiger partial charge in [-0.15, -0.1) is 11.3 Å². The summed E-state index contributed by atoms with van der Waals surface area (Å²) in [6, 6.07) is 5.35. The number of ether oxygens (including phenoxy) is 1. The fraction of sp³-hybridized carbons (Fsp3) is 0.350. The fourth-order valence-electron chi connectivity index (χ4n) is 2.90. The lowest BCUT2D eigenvalue weighted by atomic mass is 10.1. The third-order valence-electron chi connectivity index (χ3n) is 4.39. The van der Waals surface area contributed by atoms with Crippen molar-refractivity contribution in [2.24, 2.45) is 0 Å². The van der Waals surface area contributed by atoms with Crippen LogP contribution in [0.25, 0.3) is 0 Å². The molecule has 0 aliphatic rings. The number of esters is 1. The number of carbonyl (C=O) groups excluding carboxylic acids is 2. The van der Waals surface area contributed by atoms with Crippen LogP contribution in [0.1, 0.15) is 55.4 Å². The van der Waals surface area contributed by atoms with Crippen LogP contribution in [0.4, 0.5) is 5.00 Å². The molecule has 0 fully saturated rings. The molecule has 0 saturated carbocycles. The lowest BCUT2D eigenvalue weighted by molar-refractivity contribution is 0.0527. The topological polar surface area (TPSA) is 86.4 Å². The van der Waals surface area contributed by atoms with E-state index in [0.717, 1.165) is 21.8 Å². The van der Waals surface area contributed by atoms with E-state index in [1.165, 1.54) is 11.3 Å². The molecule has 0 aliphatic heterocycles. The maximum Gasteiger partial charge on any atom is 0.341 e. The zero-order valence-corrected chi connectivity index (χ0v) is 17.4. The van der Waals surface area contributed by atoms with E-state index in [1.807, 2.05) is 38.4 Å². The number of nitrogens with one attached hydrogen (secondary N) is 1. The third-order valence-corrected chi connectivity index (χ3v) is 5.51. The molecule has 0 aliphatic carbocycles. The average molecular weight is 401 g/mol. The zero-order valence-electron chi connectivity index (χ0n) is 16.6. The van der Waals surface area contributed by atoms with Crippen LogP contribution in [0.5, 0.6) is 0 Å². The lowest BCUT2D eigenvalue weighted by Crippen LogP contribution is -2.14. The summed E-state index contributed by atoms with van der Waals surface area (Å²) in [6.45, 7) is 10.1. The number of rotatable bonds is 6. The van der Waals surface area contributed by atoms with Crippen LogP contribution >= 0.6 is 11.3 Å². The molecular weight excluding hydrogens is 378 g/mol. The number of aromatic nitrogens is 2. The van der Waals surface area contributed by atoms with Gasteiger partial charge in [-0.1, -0.05) is 0 Å². The summed E-state index contributed by atoms with van der Waals surface area (Å²) in [5.74, 6) is -0.0497. The van der Waals surface area contributed by atoms with Gasteiger partial charge in [-0.25, -0.2) is 4.79 Å². The molecule has 0 bridgehead atoms. The first-order valence-corrected chi connectivity index (χ1v) is 9.80. The quantitative estimate of drug-likeness (QED) is 0.624. The second kappa shape index (κ2) is 8.02. The van der Waals surface area contributed by atoms with Crippen LogP contribution in [0.2, 0.25) is 0 Å². The van der Waals surface area contributed by atoms with Crippen molar-refractivity contribution in [3.05, 3.63) is 57.1 Å². The van der Waals surface area contributed by atoms with Gasteiger partial charge in [-0.2, -0.15) is 5.10 Å². The van der Waals surface area contributed by atoms with Gasteiger partial charge in [0, 0.05) is 10.6 Å². The van der Waals surface area contributed by atoms with E-state index in [1.54, 1.807) is 19.1 Å². The van der Waals surface area contributed by atoms with E-state index in [4.69, 9.17) is 9.15 Å². The van der Waals surface area contributed by atoms with Gasteiger partial charge in [0.25, 0.3) is 5.91 Å². The van der Waals surface area contributed by atoms with Crippen molar-refractivity contribution < 1.29 is 18.7 Å². The summed E-state index contributed by atoms with van der Waals surface area (Å²) in [6.07, 6.45) is 0. The van der Waals surface area contributed by atoms with Crippen molar-refractivity contribution in [2.75, 3.05) is 11.9 Å². The molecular formula is C20H23N3O4S. The molecule has 3 aromatic rings. The summed E-state index contributed by atoms with van der Waals surface area (Å²) < 4.78 is 12.6. The van der Waals surface area contributed by atoms with Crippen molar-refractivity contribution in [3.63, 3.8) is 0 Å². The number of nitrogens with zero attached hydrogens (tertiary/aromatic N) is 2. The fourth-order valence-corrected chi connectivity index (χ4v) is 3.94. The van der Waals surface area contributed by atoms with Crippen LogP contribution in [-0.4, -0.2) is 28.3 Å². The molecule has 3 rings (SSSR count). The standard InChI is InChI=1S/C20H23N3O4S/c1-6-26-20(25)17-13(4)14(5)28-19(17)21-18(24)16-8-7-15(27-16)10-23-12(3)9-11(2)22-23/h7-9H,6,10H2,1-5H3,(H,21,24). The highest BCUT2D eigenvalue weighted by Gasteiger charge is 2.23. The molecule has 8 heteroatoms. The Kier molecular flexibility index (Phi) is 5.69. The highest BCUT2D eigenvalue weighted by Crippen LogP contribution is 2.33. The van der Waals surface area contributed by atoms with E-state index < -0.39 is 11.9 Å². The first kappa shape index (κ1) is 19.9. The van der Waals surface area contributed by atoms with Crippen molar-refractivity contribution in [1.29, 1.82) is 0 Å². The Morgan fingerprint density at radius 3 is 2.64 bits per heavy atom. The van der Waals surface area contributed by atoms with Gasteiger partial charge in [0.05, 0.1) is 24.4 Å². The van der Waals surface area contributed by atoms with E-state index in [2.05, 4.69) is 10.4 Å². The maximum absolute atomic E-state index is 12.6. The van der Waals surface area contributed by atoms with Crippen LogP contribution in [0, 0.1) is 27.7 Å². The Hall–Kier alpha value is -2.87. The molecule has 3 heterocycles. The molecule has 0 saturated heterocycles.